The quantitative estimate of drug-likeness (QED) is 0.712. The molecule has 3 N–H and O–H groups in total. The predicted molar refractivity (Wildman–Crippen MR) is 72.4 cm³/mol. The molecule has 1 rings (SSSR count). The second-order valence-corrected chi connectivity index (χ2v) is 6.32. The van der Waals surface area contributed by atoms with Crippen molar-refractivity contribution in [3.63, 3.8) is 0 Å². The van der Waals surface area contributed by atoms with Gasteiger partial charge in [0.15, 0.2) is 0 Å². The molecule has 0 spiro atoms. The molecule has 0 aromatic heterocycles. The van der Waals surface area contributed by atoms with Crippen molar-refractivity contribution in [1.29, 1.82) is 0 Å². The number of benzene rings is 1. The number of para-hydroxylation sites is 1. The molecule has 0 amide bonds. The number of rotatable bonds is 7. The summed E-state index contributed by atoms with van der Waals surface area (Å²) in [7, 11) is -3.78. The van der Waals surface area contributed by atoms with E-state index >= 15 is 0 Å². The lowest BCUT2D eigenvalue weighted by molar-refractivity contribution is -0.0373. The Kier molecular flexibility index (Phi) is 5.43. The molecule has 0 heterocycles. The molecule has 0 aliphatic heterocycles. The number of aliphatic hydroxyl groups is 1. The minimum atomic E-state index is -3.78. The van der Waals surface area contributed by atoms with E-state index in [0.717, 1.165) is 0 Å². The molecule has 0 unspecified atom stereocenters. The van der Waals surface area contributed by atoms with Crippen molar-refractivity contribution >= 4 is 15.7 Å². The summed E-state index contributed by atoms with van der Waals surface area (Å²) in [5, 5.41) is 10.9. The zero-order valence-electron chi connectivity index (χ0n) is 11.2. The Morgan fingerprint density at radius 1 is 1.30 bits per heavy atom. The van der Waals surface area contributed by atoms with Gasteiger partial charge in [0.25, 0.3) is 5.92 Å². The van der Waals surface area contributed by atoms with Crippen molar-refractivity contribution in [1.82, 2.24) is 4.72 Å². The number of hydrogen-bond donors (Lipinski definition) is 3. The molecular weight excluding hydrogens is 290 g/mol. The number of sulfonamides is 1. The van der Waals surface area contributed by atoms with Gasteiger partial charge in [0.05, 0.1) is 12.2 Å². The van der Waals surface area contributed by atoms with Crippen LogP contribution in [0.15, 0.2) is 29.2 Å². The van der Waals surface area contributed by atoms with Gasteiger partial charge in [-0.05, 0) is 26.0 Å². The van der Waals surface area contributed by atoms with Gasteiger partial charge < -0.3 is 10.4 Å². The summed E-state index contributed by atoms with van der Waals surface area (Å²) in [6.45, 7) is 1.16. The normalized spacial score (nSPS) is 12.7. The summed E-state index contributed by atoms with van der Waals surface area (Å²) in [4.78, 5) is -0.109. The highest BCUT2D eigenvalue weighted by Crippen LogP contribution is 2.22. The SMILES string of the molecule is CC(C)NS(=O)(=O)c1ccccc1NCC(F)(F)CO. The van der Waals surface area contributed by atoms with Gasteiger partial charge in [-0.25, -0.2) is 21.9 Å². The summed E-state index contributed by atoms with van der Waals surface area (Å²) >= 11 is 0. The minimum Gasteiger partial charge on any atom is -0.390 e. The zero-order valence-corrected chi connectivity index (χ0v) is 12.0. The van der Waals surface area contributed by atoms with E-state index < -0.39 is 29.1 Å². The molecule has 8 heteroatoms. The van der Waals surface area contributed by atoms with Crippen LogP contribution in [0.1, 0.15) is 13.8 Å². The van der Waals surface area contributed by atoms with E-state index in [1.807, 2.05) is 0 Å². The summed E-state index contributed by atoms with van der Waals surface area (Å²) in [6, 6.07) is 5.44. The van der Waals surface area contributed by atoms with Gasteiger partial charge >= 0.3 is 0 Å². The number of nitrogens with one attached hydrogen (secondary N) is 2. The highest BCUT2D eigenvalue weighted by atomic mass is 32.2. The van der Waals surface area contributed by atoms with Gasteiger partial charge in [0.2, 0.25) is 10.0 Å². The largest absolute Gasteiger partial charge is 0.390 e. The topological polar surface area (TPSA) is 78.4 Å². The maximum atomic E-state index is 13.0. The summed E-state index contributed by atoms with van der Waals surface area (Å²) in [6.07, 6.45) is 0. The number of hydrogen-bond acceptors (Lipinski definition) is 4. The number of halogens is 2. The van der Waals surface area contributed by atoms with Gasteiger partial charge in [-0.3, -0.25) is 0 Å². The van der Waals surface area contributed by atoms with Gasteiger partial charge in [-0.2, -0.15) is 0 Å². The average Bonchev–Trinajstić information content (AvgIpc) is 2.35. The van der Waals surface area contributed by atoms with Crippen molar-refractivity contribution in [2.24, 2.45) is 0 Å². The van der Waals surface area contributed by atoms with E-state index in [2.05, 4.69) is 10.0 Å². The van der Waals surface area contributed by atoms with Crippen LogP contribution >= 0.6 is 0 Å². The lowest BCUT2D eigenvalue weighted by atomic mass is 10.3. The van der Waals surface area contributed by atoms with Crippen LogP contribution in [-0.2, 0) is 10.0 Å². The third-order valence-electron chi connectivity index (χ3n) is 2.34. The smallest absolute Gasteiger partial charge is 0.287 e. The van der Waals surface area contributed by atoms with Crippen molar-refractivity contribution in [2.45, 2.75) is 30.7 Å². The first-order chi connectivity index (χ1) is 9.18. The van der Waals surface area contributed by atoms with E-state index in [4.69, 9.17) is 5.11 Å². The fourth-order valence-electron chi connectivity index (χ4n) is 1.50. The van der Waals surface area contributed by atoms with Crippen LogP contribution in [0.2, 0.25) is 0 Å². The standard InChI is InChI=1S/C12H18F2N2O3S/c1-9(2)16-20(18,19)11-6-4-3-5-10(11)15-7-12(13,14)8-17/h3-6,9,15-17H,7-8H2,1-2H3. The van der Waals surface area contributed by atoms with Crippen molar-refractivity contribution < 1.29 is 22.3 Å². The Morgan fingerprint density at radius 3 is 2.45 bits per heavy atom. The second-order valence-electron chi connectivity index (χ2n) is 4.64. The lowest BCUT2D eigenvalue weighted by Gasteiger charge is -2.18. The Hall–Kier alpha value is -1.25. The molecule has 1 aromatic carbocycles. The Morgan fingerprint density at radius 2 is 1.90 bits per heavy atom. The van der Waals surface area contributed by atoms with Gasteiger partial charge in [-0.15, -0.1) is 0 Å². The van der Waals surface area contributed by atoms with Gasteiger partial charge in [0.1, 0.15) is 11.5 Å². The monoisotopic (exact) mass is 308 g/mol. The summed E-state index contributed by atoms with van der Waals surface area (Å²) in [5.41, 5.74) is 0.0637. The molecule has 20 heavy (non-hydrogen) atoms. The van der Waals surface area contributed by atoms with E-state index in [9.17, 15) is 17.2 Å². The molecular formula is C12H18F2N2O3S. The first-order valence-corrected chi connectivity index (χ1v) is 7.50. The van der Waals surface area contributed by atoms with E-state index in [1.165, 1.54) is 24.3 Å². The average molecular weight is 308 g/mol. The predicted octanol–water partition coefficient (Wildman–Crippen LogP) is 1.41. The molecule has 0 aliphatic rings. The molecule has 0 saturated heterocycles. The highest BCUT2D eigenvalue weighted by molar-refractivity contribution is 7.89. The third kappa shape index (κ3) is 4.69. The van der Waals surface area contributed by atoms with Gasteiger partial charge in [-0.1, -0.05) is 12.1 Å². The maximum absolute atomic E-state index is 13.0. The zero-order chi connectivity index (χ0) is 15.4. The number of aliphatic hydroxyl groups excluding tert-OH is 1. The van der Waals surface area contributed by atoms with Crippen LogP contribution in [0.3, 0.4) is 0 Å². The maximum Gasteiger partial charge on any atom is 0.287 e. The van der Waals surface area contributed by atoms with Crippen LogP contribution in [0, 0.1) is 0 Å². The minimum absolute atomic E-state index is 0.0637. The van der Waals surface area contributed by atoms with E-state index in [0.29, 0.717) is 0 Å². The number of alkyl halides is 2. The lowest BCUT2D eigenvalue weighted by Crippen LogP contribution is -2.33. The fraction of sp³-hybridized carbons (Fsp3) is 0.500. The summed E-state index contributed by atoms with van der Waals surface area (Å²) in [5.74, 6) is -3.32. The second kappa shape index (κ2) is 6.47. The molecule has 0 radical (unpaired) electrons. The van der Waals surface area contributed by atoms with Crippen LogP contribution in [0.5, 0.6) is 0 Å². The van der Waals surface area contributed by atoms with Crippen LogP contribution in [0.25, 0.3) is 0 Å². The Balaban J connectivity index is 3.00. The Labute approximate surface area is 117 Å². The van der Waals surface area contributed by atoms with Crippen LogP contribution in [-0.4, -0.2) is 38.6 Å². The van der Waals surface area contributed by atoms with Crippen LogP contribution in [0.4, 0.5) is 14.5 Å². The molecule has 0 saturated carbocycles. The first kappa shape index (κ1) is 16.8. The van der Waals surface area contributed by atoms with Crippen LogP contribution < -0.4 is 10.0 Å². The van der Waals surface area contributed by atoms with E-state index in [-0.39, 0.29) is 16.6 Å². The molecule has 0 aliphatic carbocycles. The first-order valence-electron chi connectivity index (χ1n) is 6.02. The fourth-order valence-corrected chi connectivity index (χ4v) is 2.94. The third-order valence-corrected chi connectivity index (χ3v) is 4.05. The van der Waals surface area contributed by atoms with E-state index in [1.54, 1.807) is 13.8 Å². The number of anilines is 1. The molecule has 0 bridgehead atoms. The molecule has 0 atom stereocenters. The molecule has 5 nitrogen and oxygen atoms in total. The molecule has 1 aromatic rings. The van der Waals surface area contributed by atoms with Crippen molar-refractivity contribution in [3.8, 4) is 0 Å². The highest BCUT2D eigenvalue weighted by Gasteiger charge is 2.28. The Bertz CT molecular complexity index is 547. The summed E-state index contributed by atoms with van der Waals surface area (Å²) < 4.78 is 52.5. The molecule has 0 fully saturated rings. The van der Waals surface area contributed by atoms with Gasteiger partial charge in [0, 0.05) is 6.04 Å². The van der Waals surface area contributed by atoms with Crippen molar-refractivity contribution in [3.05, 3.63) is 24.3 Å². The molecule has 114 valence electrons. The van der Waals surface area contributed by atoms with Crippen molar-refractivity contribution in [2.75, 3.05) is 18.5 Å².